The number of nitrogens with one attached hydrogen (secondary N) is 1. The molecule has 21 heavy (non-hydrogen) atoms. The van der Waals surface area contributed by atoms with E-state index in [2.05, 4.69) is 51.7 Å². The molecule has 0 atom stereocenters. The van der Waals surface area contributed by atoms with E-state index in [-0.39, 0.29) is 0 Å². The van der Waals surface area contributed by atoms with E-state index >= 15 is 0 Å². The lowest BCUT2D eigenvalue weighted by atomic mass is 10.1. The number of anilines is 1. The molecule has 2 aromatic rings. The molecule has 0 bridgehead atoms. The van der Waals surface area contributed by atoms with Crippen LogP contribution in [-0.4, -0.2) is 16.5 Å². The van der Waals surface area contributed by atoms with Crippen LogP contribution >= 0.6 is 45.8 Å². The molecule has 0 aliphatic heterocycles. The maximum atomic E-state index is 6.28. The Bertz CT molecular complexity index is 660. The molecule has 2 rings (SSSR count). The van der Waals surface area contributed by atoms with E-state index in [1.54, 1.807) is 12.1 Å². The van der Waals surface area contributed by atoms with Gasteiger partial charge in [-0.1, -0.05) is 37.0 Å². The lowest BCUT2D eigenvalue weighted by molar-refractivity contribution is 0.808. The van der Waals surface area contributed by atoms with Crippen molar-refractivity contribution < 1.29 is 0 Å². The van der Waals surface area contributed by atoms with Gasteiger partial charge in [0.1, 0.15) is 5.82 Å². The third-order valence-electron chi connectivity index (χ3n) is 2.94. The third kappa shape index (κ3) is 3.79. The molecule has 0 amide bonds. The van der Waals surface area contributed by atoms with Crippen LogP contribution in [0.4, 0.5) is 5.82 Å². The molecule has 1 aromatic heterocycles. The molecule has 0 saturated heterocycles. The molecule has 0 unspecified atom stereocenters. The standard InChI is InChI=1S/C15H16Cl2IN3/c1-4-19-15-12(18)13(8(2)3)20-14(21-15)10-6-5-9(16)7-11(10)17/h5-8H,4H2,1-3H3,(H,19,20,21). The molecule has 0 radical (unpaired) electrons. The van der Waals surface area contributed by atoms with Gasteiger partial charge in [-0.25, -0.2) is 9.97 Å². The van der Waals surface area contributed by atoms with Gasteiger partial charge in [0.25, 0.3) is 0 Å². The van der Waals surface area contributed by atoms with Gasteiger partial charge in [0.05, 0.1) is 14.3 Å². The molecule has 1 heterocycles. The molecule has 0 saturated carbocycles. The summed E-state index contributed by atoms with van der Waals surface area (Å²) in [6.07, 6.45) is 0. The third-order valence-corrected chi connectivity index (χ3v) is 4.55. The first kappa shape index (κ1) is 16.8. The number of nitrogens with zero attached hydrogens (tertiary/aromatic N) is 2. The van der Waals surface area contributed by atoms with Crippen LogP contribution in [0, 0.1) is 3.57 Å². The van der Waals surface area contributed by atoms with E-state index in [9.17, 15) is 0 Å². The zero-order chi connectivity index (χ0) is 15.6. The largest absolute Gasteiger partial charge is 0.369 e. The number of rotatable bonds is 4. The van der Waals surface area contributed by atoms with Crippen LogP contribution in [-0.2, 0) is 0 Å². The summed E-state index contributed by atoms with van der Waals surface area (Å²) in [5, 5.41) is 4.44. The number of halogens is 3. The quantitative estimate of drug-likeness (QED) is 0.634. The summed E-state index contributed by atoms with van der Waals surface area (Å²) in [6, 6.07) is 5.36. The number of hydrogen-bond acceptors (Lipinski definition) is 3. The second kappa shape index (κ2) is 7.11. The topological polar surface area (TPSA) is 37.8 Å². The number of hydrogen-bond donors (Lipinski definition) is 1. The Morgan fingerprint density at radius 3 is 2.52 bits per heavy atom. The first-order chi connectivity index (χ1) is 9.93. The van der Waals surface area contributed by atoms with Crippen molar-refractivity contribution in [2.75, 3.05) is 11.9 Å². The van der Waals surface area contributed by atoms with Crippen LogP contribution in [0.1, 0.15) is 32.4 Å². The minimum absolute atomic E-state index is 0.308. The Morgan fingerprint density at radius 2 is 1.95 bits per heavy atom. The first-order valence-electron chi connectivity index (χ1n) is 6.70. The lowest BCUT2D eigenvalue weighted by Gasteiger charge is -2.15. The van der Waals surface area contributed by atoms with E-state index in [0.717, 1.165) is 27.2 Å². The highest BCUT2D eigenvalue weighted by Crippen LogP contribution is 2.32. The SMILES string of the molecule is CCNc1nc(-c2ccc(Cl)cc2Cl)nc(C(C)C)c1I. The summed E-state index contributed by atoms with van der Waals surface area (Å²) < 4.78 is 1.05. The van der Waals surface area contributed by atoms with E-state index in [4.69, 9.17) is 23.2 Å². The van der Waals surface area contributed by atoms with Crippen LogP contribution in [0.2, 0.25) is 10.0 Å². The highest BCUT2D eigenvalue weighted by molar-refractivity contribution is 14.1. The maximum absolute atomic E-state index is 6.28. The van der Waals surface area contributed by atoms with E-state index in [1.165, 1.54) is 0 Å². The van der Waals surface area contributed by atoms with Crippen molar-refractivity contribution in [2.24, 2.45) is 0 Å². The molecule has 0 aliphatic carbocycles. The molecule has 3 nitrogen and oxygen atoms in total. The Hall–Kier alpha value is -0.590. The second-order valence-corrected chi connectivity index (χ2v) is 6.83. The Morgan fingerprint density at radius 1 is 1.24 bits per heavy atom. The van der Waals surface area contributed by atoms with Crippen molar-refractivity contribution in [3.8, 4) is 11.4 Å². The molecule has 6 heteroatoms. The zero-order valence-electron chi connectivity index (χ0n) is 12.0. The normalized spacial score (nSPS) is 11.0. The fourth-order valence-electron chi connectivity index (χ4n) is 1.92. The summed E-state index contributed by atoms with van der Waals surface area (Å²) in [6.45, 7) is 7.08. The fourth-order valence-corrected chi connectivity index (χ4v) is 3.47. The first-order valence-corrected chi connectivity index (χ1v) is 8.54. The molecule has 1 N–H and O–H groups in total. The average molecular weight is 436 g/mol. The summed E-state index contributed by atoms with van der Waals surface area (Å²) >= 11 is 14.5. The second-order valence-electron chi connectivity index (χ2n) is 4.90. The van der Waals surface area contributed by atoms with Crippen LogP contribution in [0.5, 0.6) is 0 Å². The van der Waals surface area contributed by atoms with Gasteiger partial charge in [0.15, 0.2) is 5.82 Å². The smallest absolute Gasteiger partial charge is 0.163 e. The Labute approximate surface area is 148 Å². The van der Waals surface area contributed by atoms with Gasteiger partial charge < -0.3 is 5.32 Å². The predicted octanol–water partition coefficient (Wildman–Crippen LogP) is 5.61. The summed E-state index contributed by atoms with van der Waals surface area (Å²) in [4.78, 5) is 9.30. The summed E-state index contributed by atoms with van der Waals surface area (Å²) in [5.74, 6) is 1.77. The summed E-state index contributed by atoms with van der Waals surface area (Å²) in [5.41, 5.74) is 1.81. The van der Waals surface area contributed by atoms with E-state index < -0.39 is 0 Å². The Kier molecular flexibility index (Phi) is 5.68. The van der Waals surface area contributed by atoms with Gasteiger partial charge in [-0.2, -0.15) is 0 Å². The van der Waals surface area contributed by atoms with Gasteiger partial charge in [0.2, 0.25) is 0 Å². The minimum atomic E-state index is 0.308. The molecule has 0 spiro atoms. The average Bonchev–Trinajstić information content (AvgIpc) is 2.41. The van der Waals surface area contributed by atoms with Crippen molar-refractivity contribution in [1.82, 2.24) is 9.97 Å². The monoisotopic (exact) mass is 435 g/mol. The van der Waals surface area contributed by atoms with Gasteiger partial charge >= 0.3 is 0 Å². The summed E-state index contributed by atoms with van der Waals surface area (Å²) in [7, 11) is 0. The van der Waals surface area contributed by atoms with Crippen molar-refractivity contribution in [3.63, 3.8) is 0 Å². The van der Waals surface area contributed by atoms with Crippen LogP contribution in [0.25, 0.3) is 11.4 Å². The van der Waals surface area contributed by atoms with Gasteiger partial charge in [-0.3, -0.25) is 0 Å². The van der Waals surface area contributed by atoms with E-state index in [1.807, 2.05) is 13.0 Å². The van der Waals surface area contributed by atoms with Crippen LogP contribution in [0.3, 0.4) is 0 Å². The van der Waals surface area contributed by atoms with E-state index in [0.29, 0.717) is 21.8 Å². The van der Waals surface area contributed by atoms with Crippen LogP contribution in [0.15, 0.2) is 18.2 Å². The zero-order valence-corrected chi connectivity index (χ0v) is 15.7. The minimum Gasteiger partial charge on any atom is -0.369 e. The molecular weight excluding hydrogens is 420 g/mol. The van der Waals surface area contributed by atoms with Gasteiger partial charge in [-0.05, 0) is 53.6 Å². The molecule has 1 aromatic carbocycles. The lowest BCUT2D eigenvalue weighted by Crippen LogP contribution is -2.09. The highest BCUT2D eigenvalue weighted by atomic mass is 127. The van der Waals surface area contributed by atoms with Crippen LogP contribution < -0.4 is 5.32 Å². The Balaban J connectivity index is 2.62. The molecule has 0 aliphatic rings. The van der Waals surface area contributed by atoms with Gasteiger partial charge in [0, 0.05) is 17.1 Å². The molecule has 0 fully saturated rings. The molecular formula is C15H16Cl2IN3. The van der Waals surface area contributed by atoms with Crippen molar-refractivity contribution in [1.29, 1.82) is 0 Å². The van der Waals surface area contributed by atoms with Crippen molar-refractivity contribution in [3.05, 3.63) is 37.5 Å². The fraction of sp³-hybridized carbons (Fsp3) is 0.333. The molecule has 112 valence electrons. The highest BCUT2D eigenvalue weighted by Gasteiger charge is 2.17. The maximum Gasteiger partial charge on any atom is 0.163 e. The van der Waals surface area contributed by atoms with Crippen molar-refractivity contribution >= 4 is 51.6 Å². The van der Waals surface area contributed by atoms with Gasteiger partial charge in [-0.15, -0.1) is 0 Å². The number of benzene rings is 1. The van der Waals surface area contributed by atoms with Crippen molar-refractivity contribution in [2.45, 2.75) is 26.7 Å². The number of aromatic nitrogens is 2. The predicted molar refractivity (Wildman–Crippen MR) is 98.5 cm³/mol.